The van der Waals surface area contributed by atoms with Crippen LogP contribution in [0.5, 0.6) is 0 Å². The molecule has 0 nitrogen and oxygen atoms in total. The Balaban J connectivity index is 2.80. The molecule has 0 bridgehead atoms. The molecule has 72 valence electrons. The Bertz CT molecular complexity index is 472. The second kappa shape index (κ2) is 3.89. The van der Waals surface area contributed by atoms with Gasteiger partial charge in [-0.1, -0.05) is 31.2 Å². The van der Waals surface area contributed by atoms with Gasteiger partial charge in [0.2, 0.25) is 0 Å². The largest absolute Gasteiger partial charge is 0.0613 e. The van der Waals surface area contributed by atoms with E-state index in [1.165, 1.54) is 25.5 Å². The van der Waals surface area contributed by atoms with Crippen LogP contribution in [0.2, 0.25) is 0 Å². The summed E-state index contributed by atoms with van der Waals surface area (Å²) in [6, 6.07) is 11.2. The van der Waals surface area contributed by atoms with Gasteiger partial charge in [-0.05, 0) is 63.9 Å². The molecular formula is C13H13I. The van der Waals surface area contributed by atoms with Gasteiger partial charge in [0, 0.05) is 3.57 Å². The number of hydrogen-bond donors (Lipinski definition) is 0. The molecule has 0 aliphatic rings. The minimum Gasteiger partial charge on any atom is -0.0613 e. The fourth-order valence-corrected chi connectivity index (χ4v) is 2.36. The maximum absolute atomic E-state index is 2.41. The molecule has 2 aromatic rings. The molecule has 0 aliphatic carbocycles. The molecule has 0 aliphatic heterocycles. The van der Waals surface area contributed by atoms with Crippen molar-refractivity contribution < 1.29 is 0 Å². The number of fused-ring (bicyclic) bond motifs is 1. The van der Waals surface area contributed by atoms with Crippen molar-refractivity contribution in [2.75, 3.05) is 0 Å². The summed E-state index contributed by atoms with van der Waals surface area (Å²) in [4.78, 5) is 0. The third-order valence-corrected chi connectivity index (χ3v) is 3.59. The summed E-state index contributed by atoms with van der Waals surface area (Å²) in [6.07, 6.45) is 1.11. The monoisotopic (exact) mass is 296 g/mol. The molecule has 0 fully saturated rings. The van der Waals surface area contributed by atoms with Crippen LogP contribution in [0, 0.1) is 10.5 Å². The van der Waals surface area contributed by atoms with E-state index in [1.54, 1.807) is 0 Å². The first kappa shape index (κ1) is 9.97. The van der Waals surface area contributed by atoms with Gasteiger partial charge in [-0.3, -0.25) is 0 Å². The van der Waals surface area contributed by atoms with Crippen molar-refractivity contribution in [1.29, 1.82) is 0 Å². The first-order chi connectivity index (χ1) is 6.72. The van der Waals surface area contributed by atoms with Gasteiger partial charge < -0.3 is 0 Å². The van der Waals surface area contributed by atoms with Gasteiger partial charge in [0.25, 0.3) is 0 Å². The van der Waals surface area contributed by atoms with E-state index in [2.05, 4.69) is 66.8 Å². The first-order valence-electron chi connectivity index (χ1n) is 4.90. The van der Waals surface area contributed by atoms with E-state index >= 15 is 0 Å². The maximum Gasteiger partial charge on any atom is 0.0209 e. The van der Waals surface area contributed by atoms with Crippen LogP contribution >= 0.6 is 22.6 Å². The second-order valence-corrected chi connectivity index (χ2v) is 4.76. The van der Waals surface area contributed by atoms with Crippen molar-refractivity contribution >= 4 is 33.4 Å². The standard InChI is InChI=1S/C13H13I/c1-3-10-5-6-11-9(2)4-7-13(14)12(11)8-10/h4-8H,3H2,1-2H3. The number of halogens is 1. The predicted octanol–water partition coefficient (Wildman–Crippen LogP) is 4.32. The minimum absolute atomic E-state index is 1.11. The Labute approximate surface area is 98.5 Å². The minimum atomic E-state index is 1.11. The zero-order valence-electron chi connectivity index (χ0n) is 8.47. The molecule has 0 atom stereocenters. The fraction of sp³-hybridized carbons (Fsp3) is 0.231. The van der Waals surface area contributed by atoms with Gasteiger partial charge in [0.05, 0.1) is 0 Å². The van der Waals surface area contributed by atoms with Crippen LogP contribution < -0.4 is 0 Å². The highest BCUT2D eigenvalue weighted by Crippen LogP contribution is 2.25. The molecule has 0 amide bonds. The number of hydrogen-bond acceptors (Lipinski definition) is 0. The van der Waals surface area contributed by atoms with Gasteiger partial charge in [0.15, 0.2) is 0 Å². The summed E-state index contributed by atoms with van der Waals surface area (Å²) in [7, 11) is 0. The van der Waals surface area contributed by atoms with Crippen molar-refractivity contribution in [3.05, 3.63) is 45.0 Å². The molecule has 0 spiro atoms. The molecule has 2 aromatic carbocycles. The summed E-state index contributed by atoms with van der Waals surface area (Å²) < 4.78 is 1.35. The zero-order chi connectivity index (χ0) is 10.1. The number of aryl methyl sites for hydroxylation is 2. The van der Waals surface area contributed by atoms with Crippen LogP contribution in [0.3, 0.4) is 0 Å². The lowest BCUT2D eigenvalue weighted by molar-refractivity contribution is 1.15. The van der Waals surface area contributed by atoms with E-state index in [4.69, 9.17) is 0 Å². The lowest BCUT2D eigenvalue weighted by Crippen LogP contribution is -1.85. The van der Waals surface area contributed by atoms with E-state index in [9.17, 15) is 0 Å². The Morgan fingerprint density at radius 1 is 1.07 bits per heavy atom. The van der Waals surface area contributed by atoms with Crippen LogP contribution in [-0.2, 0) is 6.42 Å². The molecule has 0 unspecified atom stereocenters. The lowest BCUT2D eigenvalue weighted by Gasteiger charge is -2.06. The summed E-state index contributed by atoms with van der Waals surface area (Å²) in [5.41, 5.74) is 2.78. The third-order valence-electron chi connectivity index (χ3n) is 2.65. The molecule has 14 heavy (non-hydrogen) atoms. The topological polar surface area (TPSA) is 0 Å². The van der Waals surface area contributed by atoms with Gasteiger partial charge >= 0.3 is 0 Å². The third kappa shape index (κ3) is 1.65. The van der Waals surface area contributed by atoms with Crippen molar-refractivity contribution in [3.8, 4) is 0 Å². The highest BCUT2D eigenvalue weighted by molar-refractivity contribution is 14.1. The molecule has 0 radical (unpaired) electrons. The van der Waals surface area contributed by atoms with Gasteiger partial charge in [-0.25, -0.2) is 0 Å². The van der Waals surface area contributed by atoms with Crippen molar-refractivity contribution in [2.24, 2.45) is 0 Å². The highest BCUT2D eigenvalue weighted by Gasteiger charge is 2.01. The van der Waals surface area contributed by atoms with Crippen LogP contribution in [0.15, 0.2) is 30.3 Å². The SMILES string of the molecule is CCc1ccc2c(C)ccc(I)c2c1. The first-order valence-corrected chi connectivity index (χ1v) is 5.98. The Hall–Kier alpha value is -0.570. The molecule has 1 heteroatoms. The predicted molar refractivity (Wildman–Crippen MR) is 70.8 cm³/mol. The van der Waals surface area contributed by atoms with Crippen LogP contribution in [0.1, 0.15) is 18.1 Å². The molecule has 0 heterocycles. The zero-order valence-corrected chi connectivity index (χ0v) is 10.6. The Kier molecular flexibility index (Phi) is 2.77. The molecular weight excluding hydrogens is 283 g/mol. The Morgan fingerprint density at radius 2 is 1.86 bits per heavy atom. The van der Waals surface area contributed by atoms with Crippen LogP contribution in [-0.4, -0.2) is 0 Å². The fourth-order valence-electron chi connectivity index (χ4n) is 1.73. The second-order valence-electron chi connectivity index (χ2n) is 3.60. The summed E-state index contributed by atoms with van der Waals surface area (Å²) in [5, 5.41) is 2.78. The van der Waals surface area contributed by atoms with E-state index in [-0.39, 0.29) is 0 Å². The van der Waals surface area contributed by atoms with E-state index < -0.39 is 0 Å². The molecule has 0 aromatic heterocycles. The van der Waals surface area contributed by atoms with Gasteiger partial charge in [0.1, 0.15) is 0 Å². The van der Waals surface area contributed by atoms with Gasteiger partial charge in [-0.15, -0.1) is 0 Å². The summed E-state index contributed by atoms with van der Waals surface area (Å²) in [6.45, 7) is 4.37. The lowest BCUT2D eigenvalue weighted by atomic mass is 10.0. The van der Waals surface area contributed by atoms with Crippen LogP contribution in [0.25, 0.3) is 10.8 Å². The van der Waals surface area contributed by atoms with Crippen LogP contribution in [0.4, 0.5) is 0 Å². The van der Waals surface area contributed by atoms with E-state index in [0.717, 1.165) is 6.42 Å². The summed E-state index contributed by atoms with van der Waals surface area (Å²) >= 11 is 2.41. The highest BCUT2D eigenvalue weighted by atomic mass is 127. The molecule has 0 saturated carbocycles. The normalized spacial score (nSPS) is 10.8. The summed E-state index contributed by atoms with van der Waals surface area (Å²) in [5.74, 6) is 0. The maximum atomic E-state index is 2.41. The number of rotatable bonds is 1. The van der Waals surface area contributed by atoms with Gasteiger partial charge in [-0.2, -0.15) is 0 Å². The number of benzene rings is 2. The molecule has 0 N–H and O–H groups in total. The Morgan fingerprint density at radius 3 is 2.57 bits per heavy atom. The average molecular weight is 296 g/mol. The molecule has 0 saturated heterocycles. The smallest absolute Gasteiger partial charge is 0.0209 e. The van der Waals surface area contributed by atoms with Crippen molar-refractivity contribution in [1.82, 2.24) is 0 Å². The van der Waals surface area contributed by atoms with E-state index in [1.807, 2.05) is 0 Å². The van der Waals surface area contributed by atoms with Crippen molar-refractivity contribution in [3.63, 3.8) is 0 Å². The van der Waals surface area contributed by atoms with Crippen molar-refractivity contribution in [2.45, 2.75) is 20.3 Å². The average Bonchev–Trinajstić information content (AvgIpc) is 2.23. The van der Waals surface area contributed by atoms with E-state index in [0.29, 0.717) is 0 Å². The molecule has 2 rings (SSSR count). The quantitative estimate of drug-likeness (QED) is 0.688.